The summed E-state index contributed by atoms with van der Waals surface area (Å²) in [7, 11) is 0. The van der Waals surface area contributed by atoms with Gasteiger partial charge in [-0.2, -0.15) is 0 Å². The molecule has 6 nitrogen and oxygen atoms in total. The molecule has 0 bridgehead atoms. The van der Waals surface area contributed by atoms with Gasteiger partial charge in [-0.15, -0.1) is 0 Å². The summed E-state index contributed by atoms with van der Waals surface area (Å²) in [5.74, 6) is 1.38. The molecule has 0 aliphatic carbocycles. The van der Waals surface area contributed by atoms with Crippen LogP contribution >= 0.6 is 0 Å². The summed E-state index contributed by atoms with van der Waals surface area (Å²) in [6.07, 6.45) is 3.09. The van der Waals surface area contributed by atoms with Gasteiger partial charge in [0.15, 0.2) is 23.0 Å². The number of furan rings is 1. The lowest BCUT2D eigenvalue weighted by Crippen LogP contribution is -1.96. The molecule has 3 heterocycles. The van der Waals surface area contributed by atoms with Gasteiger partial charge in [-0.3, -0.25) is 0 Å². The molecule has 0 fully saturated rings. The van der Waals surface area contributed by atoms with E-state index in [-0.39, 0.29) is 0 Å². The van der Waals surface area contributed by atoms with Gasteiger partial charge in [0.2, 0.25) is 0 Å². The number of imidazole rings is 1. The second-order valence-electron chi connectivity index (χ2n) is 3.01. The predicted molar refractivity (Wildman–Crippen MR) is 53.8 cm³/mol. The molecule has 0 unspecified atom stereocenters. The van der Waals surface area contributed by atoms with Gasteiger partial charge in [-0.1, -0.05) is 0 Å². The second kappa shape index (κ2) is 2.81. The van der Waals surface area contributed by atoms with E-state index in [0.717, 1.165) is 0 Å². The minimum Gasteiger partial charge on any atom is -0.461 e. The first-order valence-electron chi connectivity index (χ1n) is 4.35. The molecule has 0 spiro atoms. The Morgan fingerprint density at radius 3 is 3.07 bits per heavy atom. The zero-order chi connectivity index (χ0) is 10.3. The zero-order valence-corrected chi connectivity index (χ0v) is 7.64. The van der Waals surface area contributed by atoms with Crippen LogP contribution in [0.4, 0.5) is 5.82 Å². The maximum absolute atomic E-state index is 5.74. The van der Waals surface area contributed by atoms with Crippen LogP contribution in [0.3, 0.4) is 0 Å². The SMILES string of the molecule is Nc1nc(-c2ccco2)nc2nc[nH]c12. The number of nitrogens with one attached hydrogen (secondary N) is 1. The van der Waals surface area contributed by atoms with Crippen LogP contribution in [0.5, 0.6) is 0 Å². The Bertz CT molecular complexity index is 598. The minimum absolute atomic E-state index is 0.365. The molecule has 3 aromatic rings. The maximum Gasteiger partial charge on any atom is 0.199 e. The number of aromatic amines is 1. The number of hydrogen-bond donors (Lipinski definition) is 2. The second-order valence-corrected chi connectivity index (χ2v) is 3.01. The lowest BCUT2D eigenvalue weighted by atomic mass is 10.4. The molecule has 3 aromatic heterocycles. The predicted octanol–water partition coefficient (Wildman–Crippen LogP) is 1.20. The van der Waals surface area contributed by atoms with Crippen molar-refractivity contribution in [2.75, 3.05) is 5.73 Å². The average Bonchev–Trinajstić information content (AvgIpc) is 2.88. The van der Waals surface area contributed by atoms with Gasteiger partial charge in [-0.25, -0.2) is 15.0 Å². The number of nitrogens with two attached hydrogens (primary N) is 1. The van der Waals surface area contributed by atoms with Crippen molar-refractivity contribution in [2.45, 2.75) is 0 Å². The molecule has 0 aliphatic heterocycles. The van der Waals surface area contributed by atoms with E-state index in [9.17, 15) is 0 Å². The molecular formula is C9H7N5O. The zero-order valence-electron chi connectivity index (χ0n) is 7.64. The molecule has 0 aromatic carbocycles. The molecule has 0 saturated heterocycles. The van der Waals surface area contributed by atoms with Crippen molar-refractivity contribution in [1.82, 2.24) is 19.9 Å². The number of anilines is 1. The van der Waals surface area contributed by atoms with Gasteiger partial charge in [0.1, 0.15) is 5.52 Å². The fraction of sp³-hybridized carbons (Fsp3) is 0. The fourth-order valence-electron chi connectivity index (χ4n) is 1.37. The third-order valence-electron chi connectivity index (χ3n) is 2.06. The Morgan fingerprint density at radius 1 is 1.33 bits per heavy atom. The molecule has 0 amide bonds. The number of nitrogen functional groups attached to an aromatic ring is 1. The van der Waals surface area contributed by atoms with E-state index in [0.29, 0.717) is 28.6 Å². The highest BCUT2D eigenvalue weighted by molar-refractivity contribution is 5.82. The normalized spacial score (nSPS) is 10.9. The molecular weight excluding hydrogens is 194 g/mol. The third-order valence-corrected chi connectivity index (χ3v) is 2.06. The molecule has 0 atom stereocenters. The fourth-order valence-corrected chi connectivity index (χ4v) is 1.37. The van der Waals surface area contributed by atoms with E-state index in [4.69, 9.17) is 10.2 Å². The van der Waals surface area contributed by atoms with Crippen molar-refractivity contribution in [3.8, 4) is 11.6 Å². The number of fused-ring (bicyclic) bond motifs is 1. The largest absolute Gasteiger partial charge is 0.461 e. The molecule has 0 saturated carbocycles. The van der Waals surface area contributed by atoms with E-state index in [1.54, 1.807) is 18.4 Å². The van der Waals surface area contributed by atoms with Crippen LogP contribution in [0.25, 0.3) is 22.7 Å². The first-order valence-corrected chi connectivity index (χ1v) is 4.35. The van der Waals surface area contributed by atoms with Gasteiger partial charge in [0.05, 0.1) is 12.6 Å². The van der Waals surface area contributed by atoms with Crippen LogP contribution < -0.4 is 5.73 Å². The summed E-state index contributed by atoms with van der Waals surface area (Å²) in [6, 6.07) is 3.54. The Kier molecular flexibility index (Phi) is 1.49. The highest BCUT2D eigenvalue weighted by Crippen LogP contribution is 2.20. The van der Waals surface area contributed by atoms with Crippen LogP contribution in [-0.2, 0) is 0 Å². The van der Waals surface area contributed by atoms with E-state index < -0.39 is 0 Å². The molecule has 15 heavy (non-hydrogen) atoms. The Morgan fingerprint density at radius 2 is 2.27 bits per heavy atom. The summed E-state index contributed by atoms with van der Waals surface area (Å²) in [4.78, 5) is 15.2. The summed E-state index contributed by atoms with van der Waals surface area (Å²) >= 11 is 0. The van der Waals surface area contributed by atoms with Crippen molar-refractivity contribution in [3.63, 3.8) is 0 Å². The molecule has 3 rings (SSSR count). The number of aromatic nitrogens is 4. The first kappa shape index (κ1) is 7.98. The van der Waals surface area contributed by atoms with Crippen molar-refractivity contribution in [2.24, 2.45) is 0 Å². The number of nitrogens with zero attached hydrogens (tertiary/aromatic N) is 3. The minimum atomic E-state index is 0.365. The van der Waals surface area contributed by atoms with Gasteiger partial charge in [-0.05, 0) is 12.1 Å². The molecule has 6 heteroatoms. The monoisotopic (exact) mass is 201 g/mol. The van der Waals surface area contributed by atoms with Crippen molar-refractivity contribution in [1.29, 1.82) is 0 Å². The lowest BCUT2D eigenvalue weighted by molar-refractivity contribution is 0.577. The molecule has 74 valence electrons. The van der Waals surface area contributed by atoms with Crippen molar-refractivity contribution >= 4 is 17.0 Å². The maximum atomic E-state index is 5.74. The molecule has 0 radical (unpaired) electrons. The van der Waals surface area contributed by atoms with Crippen LogP contribution in [0.15, 0.2) is 29.1 Å². The number of rotatable bonds is 1. The van der Waals surface area contributed by atoms with Crippen LogP contribution in [0.2, 0.25) is 0 Å². The van der Waals surface area contributed by atoms with Gasteiger partial charge in [0.25, 0.3) is 0 Å². The molecule has 0 aliphatic rings. The van der Waals surface area contributed by atoms with Crippen molar-refractivity contribution in [3.05, 3.63) is 24.7 Å². The smallest absolute Gasteiger partial charge is 0.199 e. The Balaban J connectivity index is 2.29. The molecule has 3 N–H and O–H groups in total. The quantitative estimate of drug-likeness (QED) is 0.616. The highest BCUT2D eigenvalue weighted by Gasteiger charge is 2.10. The lowest BCUT2D eigenvalue weighted by Gasteiger charge is -1.97. The summed E-state index contributed by atoms with van der Waals surface area (Å²) < 4.78 is 5.18. The van der Waals surface area contributed by atoms with E-state index >= 15 is 0 Å². The van der Waals surface area contributed by atoms with Crippen LogP contribution in [0.1, 0.15) is 0 Å². The van der Waals surface area contributed by atoms with Crippen LogP contribution in [0, 0.1) is 0 Å². The highest BCUT2D eigenvalue weighted by atomic mass is 16.3. The Labute approximate surface area is 84.2 Å². The van der Waals surface area contributed by atoms with E-state index in [2.05, 4.69) is 19.9 Å². The summed E-state index contributed by atoms with van der Waals surface area (Å²) in [6.45, 7) is 0. The first-order chi connectivity index (χ1) is 7.34. The third kappa shape index (κ3) is 1.15. The van der Waals surface area contributed by atoms with Gasteiger partial charge in [0, 0.05) is 0 Å². The number of H-pyrrole nitrogens is 1. The standard InChI is InChI=1S/C9H7N5O/c10-7-6-9(12-4-11-6)14-8(13-7)5-2-1-3-15-5/h1-4H,(H3,10,11,12,13,14). The number of hydrogen-bond acceptors (Lipinski definition) is 5. The Hall–Kier alpha value is -2.37. The summed E-state index contributed by atoms with van der Waals surface area (Å²) in [5.41, 5.74) is 6.92. The van der Waals surface area contributed by atoms with Gasteiger partial charge < -0.3 is 15.1 Å². The topological polar surface area (TPSA) is 93.6 Å². The van der Waals surface area contributed by atoms with Gasteiger partial charge >= 0.3 is 0 Å². The van der Waals surface area contributed by atoms with Crippen molar-refractivity contribution < 1.29 is 4.42 Å². The van der Waals surface area contributed by atoms with Crippen LogP contribution in [-0.4, -0.2) is 19.9 Å². The van der Waals surface area contributed by atoms with E-state index in [1.807, 2.05) is 0 Å². The van der Waals surface area contributed by atoms with E-state index in [1.165, 1.54) is 6.33 Å². The summed E-state index contributed by atoms with van der Waals surface area (Å²) in [5, 5.41) is 0. The average molecular weight is 201 g/mol.